The van der Waals surface area contributed by atoms with Crippen molar-refractivity contribution in [3.05, 3.63) is 29.3 Å². The van der Waals surface area contributed by atoms with E-state index in [0.29, 0.717) is 0 Å². The number of hydrogen-bond donors (Lipinski definition) is 2. The van der Waals surface area contributed by atoms with Gasteiger partial charge < -0.3 is 4.74 Å². The molecule has 1 rings (SSSR count). The maximum Gasteiger partial charge on any atom is 0.241 e. The first-order valence-electron chi connectivity index (χ1n) is 5.21. The average molecular weight is 222 g/mol. The highest BCUT2D eigenvalue weighted by Crippen LogP contribution is 2.23. The number of benzene rings is 1. The van der Waals surface area contributed by atoms with Crippen LogP contribution in [0.4, 0.5) is 0 Å². The quantitative estimate of drug-likeness (QED) is 0.756. The minimum Gasteiger partial charge on any atom is -0.496 e. The summed E-state index contributed by atoms with van der Waals surface area (Å²) in [4.78, 5) is 11.6. The zero-order chi connectivity index (χ0) is 12.1. The van der Waals surface area contributed by atoms with E-state index in [2.05, 4.69) is 10.9 Å². The Kier molecular flexibility index (Phi) is 4.31. The predicted molar refractivity (Wildman–Crippen MR) is 63.3 cm³/mol. The molecule has 1 atom stereocenters. The van der Waals surface area contributed by atoms with Crippen LogP contribution in [0.5, 0.6) is 5.75 Å². The highest BCUT2D eigenvalue weighted by atomic mass is 16.5. The SMILES string of the molecule is CNNC(=O)C(C)c1ccc(OC)c(C)c1. The third kappa shape index (κ3) is 2.73. The van der Waals surface area contributed by atoms with Gasteiger partial charge in [-0.1, -0.05) is 12.1 Å². The Labute approximate surface area is 96.0 Å². The third-order valence-electron chi connectivity index (χ3n) is 2.56. The van der Waals surface area contributed by atoms with Gasteiger partial charge in [-0.2, -0.15) is 0 Å². The Hall–Kier alpha value is -1.55. The number of hydrogen-bond acceptors (Lipinski definition) is 3. The number of aryl methyl sites for hydroxylation is 1. The maximum absolute atomic E-state index is 11.6. The third-order valence-corrected chi connectivity index (χ3v) is 2.56. The predicted octanol–water partition coefficient (Wildman–Crippen LogP) is 1.36. The van der Waals surface area contributed by atoms with Crippen LogP contribution >= 0.6 is 0 Å². The van der Waals surface area contributed by atoms with E-state index >= 15 is 0 Å². The van der Waals surface area contributed by atoms with E-state index in [1.165, 1.54) is 0 Å². The Morgan fingerprint density at radius 1 is 1.44 bits per heavy atom. The number of nitrogens with one attached hydrogen (secondary N) is 2. The normalized spacial score (nSPS) is 12.0. The van der Waals surface area contributed by atoms with Crippen LogP contribution in [0.25, 0.3) is 0 Å². The molecule has 0 aliphatic rings. The monoisotopic (exact) mass is 222 g/mol. The molecule has 0 fully saturated rings. The van der Waals surface area contributed by atoms with Gasteiger partial charge in [0.05, 0.1) is 13.0 Å². The number of amides is 1. The van der Waals surface area contributed by atoms with E-state index in [1.807, 2.05) is 32.0 Å². The molecule has 88 valence electrons. The highest BCUT2D eigenvalue weighted by molar-refractivity contribution is 5.82. The van der Waals surface area contributed by atoms with Gasteiger partial charge in [0.25, 0.3) is 0 Å². The van der Waals surface area contributed by atoms with E-state index in [9.17, 15) is 4.79 Å². The summed E-state index contributed by atoms with van der Waals surface area (Å²) in [5.41, 5.74) is 7.21. The molecule has 1 aromatic rings. The fraction of sp³-hybridized carbons (Fsp3) is 0.417. The van der Waals surface area contributed by atoms with Crippen molar-refractivity contribution in [3.8, 4) is 5.75 Å². The van der Waals surface area contributed by atoms with E-state index in [-0.39, 0.29) is 11.8 Å². The molecular formula is C12H18N2O2. The highest BCUT2D eigenvalue weighted by Gasteiger charge is 2.15. The van der Waals surface area contributed by atoms with Crippen LogP contribution in [0.3, 0.4) is 0 Å². The van der Waals surface area contributed by atoms with Crippen molar-refractivity contribution in [2.75, 3.05) is 14.2 Å². The number of carbonyl (C=O) groups excluding carboxylic acids is 1. The van der Waals surface area contributed by atoms with Crippen molar-refractivity contribution in [1.82, 2.24) is 10.9 Å². The van der Waals surface area contributed by atoms with Crippen LogP contribution in [-0.4, -0.2) is 20.1 Å². The molecule has 0 aromatic heterocycles. The number of ether oxygens (including phenoxy) is 1. The van der Waals surface area contributed by atoms with Gasteiger partial charge in [0, 0.05) is 7.05 Å². The first-order chi connectivity index (χ1) is 7.60. The topological polar surface area (TPSA) is 50.4 Å². The smallest absolute Gasteiger partial charge is 0.241 e. The van der Waals surface area contributed by atoms with Gasteiger partial charge in [0.2, 0.25) is 5.91 Å². The molecule has 16 heavy (non-hydrogen) atoms. The Morgan fingerprint density at radius 2 is 2.12 bits per heavy atom. The maximum atomic E-state index is 11.6. The molecule has 0 radical (unpaired) electrons. The van der Waals surface area contributed by atoms with Crippen LogP contribution < -0.4 is 15.6 Å². The fourth-order valence-electron chi connectivity index (χ4n) is 1.55. The summed E-state index contributed by atoms with van der Waals surface area (Å²) < 4.78 is 5.17. The van der Waals surface area contributed by atoms with Gasteiger partial charge >= 0.3 is 0 Å². The van der Waals surface area contributed by atoms with Crippen molar-refractivity contribution in [3.63, 3.8) is 0 Å². The molecule has 2 N–H and O–H groups in total. The zero-order valence-electron chi connectivity index (χ0n) is 10.1. The number of methoxy groups -OCH3 is 1. The molecule has 0 aliphatic heterocycles. The molecule has 0 bridgehead atoms. The van der Waals surface area contributed by atoms with Crippen molar-refractivity contribution in [1.29, 1.82) is 0 Å². The molecule has 0 aliphatic carbocycles. The van der Waals surface area contributed by atoms with Gasteiger partial charge in [0.15, 0.2) is 0 Å². The largest absolute Gasteiger partial charge is 0.496 e. The lowest BCUT2D eigenvalue weighted by Gasteiger charge is -2.13. The Morgan fingerprint density at radius 3 is 2.62 bits per heavy atom. The molecule has 4 heteroatoms. The number of rotatable bonds is 4. The van der Waals surface area contributed by atoms with E-state index in [1.54, 1.807) is 14.2 Å². The van der Waals surface area contributed by atoms with Crippen molar-refractivity contribution >= 4 is 5.91 Å². The molecule has 4 nitrogen and oxygen atoms in total. The van der Waals surface area contributed by atoms with Crippen LogP contribution in [0, 0.1) is 6.92 Å². The summed E-state index contributed by atoms with van der Waals surface area (Å²) in [6, 6.07) is 5.76. The molecule has 1 unspecified atom stereocenters. The first-order valence-corrected chi connectivity index (χ1v) is 5.21. The Balaban J connectivity index is 2.88. The van der Waals surface area contributed by atoms with Gasteiger partial charge in [-0.25, -0.2) is 5.43 Å². The molecule has 1 aromatic carbocycles. The van der Waals surface area contributed by atoms with Gasteiger partial charge in [-0.3, -0.25) is 10.2 Å². The zero-order valence-corrected chi connectivity index (χ0v) is 10.1. The summed E-state index contributed by atoms with van der Waals surface area (Å²) in [5, 5.41) is 0. The molecule has 0 spiro atoms. The minimum atomic E-state index is -0.183. The average Bonchev–Trinajstić information content (AvgIpc) is 2.28. The second-order valence-corrected chi connectivity index (χ2v) is 3.69. The van der Waals surface area contributed by atoms with Gasteiger partial charge in [0.1, 0.15) is 5.75 Å². The standard InChI is InChI=1S/C12H18N2O2/c1-8-7-10(5-6-11(8)16-4)9(2)12(15)14-13-3/h5-7,9,13H,1-4H3,(H,14,15). The summed E-state index contributed by atoms with van der Waals surface area (Å²) in [7, 11) is 3.31. The van der Waals surface area contributed by atoms with Crippen LogP contribution in [0.2, 0.25) is 0 Å². The molecule has 0 heterocycles. The van der Waals surface area contributed by atoms with Crippen LogP contribution in [-0.2, 0) is 4.79 Å². The summed E-state index contributed by atoms with van der Waals surface area (Å²) in [6.45, 7) is 3.83. The van der Waals surface area contributed by atoms with Crippen molar-refractivity contribution < 1.29 is 9.53 Å². The number of hydrazine groups is 1. The molecule has 1 amide bonds. The van der Waals surface area contributed by atoms with Crippen LogP contribution in [0.1, 0.15) is 24.0 Å². The number of carbonyl (C=O) groups is 1. The van der Waals surface area contributed by atoms with Gasteiger partial charge in [-0.15, -0.1) is 0 Å². The summed E-state index contributed by atoms with van der Waals surface area (Å²) >= 11 is 0. The lowest BCUT2D eigenvalue weighted by Crippen LogP contribution is -2.37. The van der Waals surface area contributed by atoms with E-state index in [0.717, 1.165) is 16.9 Å². The lowest BCUT2D eigenvalue weighted by atomic mass is 9.98. The van der Waals surface area contributed by atoms with Gasteiger partial charge in [-0.05, 0) is 31.0 Å². The fourth-order valence-corrected chi connectivity index (χ4v) is 1.55. The van der Waals surface area contributed by atoms with E-state index in [4.69, 9.17) is 4.74 Å². The lowest BCUT2D eigenvalue weighted by molar-refractivity contribution is -0.123. The van der Waals surface area contributed by atoms with Crippen molar-refractivity contribution in [2.45, 2.75) is 19.8 Å². The van der Waals surface area contributed by atoms with E-state index < -0.39 is 0 Å². The molecule has 0 saturated carbocycles. The summed E-state index contributed by atoms with van der Waals surface area (Å²) in [6.07, 6.45) is 0. The second kappa shape index (κ2) is 5.51. The molecule has 0 saturated heterocycles. The van der Waals surface area contributed by atoms with Crippen LogP contribution in [0.15, 0.2) is 18.2 Å². The summed E-state index contributed by atoms with van der Waals surface area (Å²) in [5.74, 6) is 0.606. The van der Waals surface area contributed by atoms with Crippen molar-refractivity contribution in [2.24, 2.45) is 0 Å². The molecular weight excluding hydrogens is 204 g/mol. The second-order valence-electron chi connectivity index (χ2n) is 3.69. The first kappa shape index (κ1) is 12.5. The minimum absolute atomic E-state index is 0.0490. The Bertz CT molecular complexity index is 377.